The molecule has 3 aromatic rings. The zero-order valence-corrected chi connectivity index (χ0v) is 27.7. The van der Waals surface area contributed by atoms with E-state index in [1.807, 2.05) is 31.2 Å². The second kappa shape index (κ2) is 12.2. The maximum absolute atomic E-state index is 14.1. The molecule has 4 aliphatic rings. The van der Waals surface area contributed by atoms with Gasteiger partial charge in [0.25, 0.3) is 5.91 Å². The van der Waals surface area contributed by atoms with Crippen molar-refractivity contribution in [3.05, 3.63) is 63.7 Å². The third kappa shape index (κ3) is 5.03. The summed E-state index contributed by atoms with van der Waals surface area (Å²) in [6.45, 7) is 5.83. The number of hydrogen-bond acceptors (Lipinski definition) is 12. The minimum absolute atomic E-state index is 0.0341. The number of rotatable bonds is 7. The molecule has 5 atom stereocenters. The largest absolute Gasteiger partial charge is 0.493 e. The molecule has 2 fully saturated rings. The van der Waals surface area contributed by atoms with E-state index in [1.54, 1.807) is 13.8 Å². The summed E-state index contributed by atoms with van der Waals surface area (Å²) in [5.74, 6) is -0.824. The molecule has 2 saturated heterocycles. The van der Waals surface area contributed by atoms with Gasteiger partial charge in [0, 0.05) is 23.9 Å². The summed E-state index contributed by atoms with van der Waals surface area (Å²) >= 11 is 0. The number of aromatic nitrogens is 2. The number of ether oxygens (including phenoxy) is 7. The molecule has 0 N–H and O–H groups in total. The van der Waals surface area contributed by atoms with Crippen molar-refractivity contribution in [2.75, 3.05) is 41.3 Å². The van der Waals surface area contributed by atoms with Crippen LogP contribution < -0.4 is 23.7 Å². The number of fused-ring (bicyclic) bond motifs is 3. The maximum Gasteiger partial charge on any atom is 0.329 e. The number of carbonyl (C=O) groups is 3. The van der Waals surface area contributed by atoms with Gasteiger partial charge >= 0.3 is 11.9 Å². The van der Waals surface area contributed by atoms with Crippen LogP contribution in [0, 0.1) is 32.6 Å². The molecule has 3 aliphatic heterocycles. The topological polar surface area (TPSA) is 145 Å². The van der Waals surface area contributed by atoms with E-state index in [9.17, 15) is 14.4 Å². The Morgan fingerprint density at radius 1 is 0.854 bits per heavy atom. The smallest absolute Gasteiger partial charge is 0.329 e. The second-order valence-corrected chi connectivity index (χ2v) is 12.4. The Balaban J connectivity index is 1.28. The van der Waals surface area contributed by atoms with Gasteiger partial charge in [-0.15, -0.1) is 0 Å². The first-order valence-corrected chi connectivity index (χ1v) is 15.9. The minimum atomic E-state index is -0.863. The van der Waals surface area contributed by atoms with E-state index < -0.39 is 41.8 Å². The molecule has 0 spiro atoms. The van der Waals surface area contributed by atoms with Crippen molar-refractivity contribution in [2.45, 2.75) is 51.7 Å². The molecule has 7 rings (SSSR count). The monoisotopic (exact) mass is 659 g/mol. The Morgan fingerprint density at radius 3 is 2.19 bits per heavy atom. The lowest BCUT2D eigenvalue weighted by molar-refractivity contribution is -0.159. The molecule has 2 aromatic carbocycles. The number of amides is 1. The van der Waals surface area contributed by atoms with Crippen LogP contribution in [0.25, 0.3) is 0 Å². The Hall–Kier alpha value is -5.07. The molecule has 1 aromatic heterocycles. The molecule has 48 heavy (non-hydrogen) atoms. The van der Waals surface area contributed by atoms with E-state index >= 15 is 0 Å². The lowest BCUT2D eigenvalue weighted by atomic mass is 9.66. The normalized spacial score (nSPS) is 23.7. The molecule has 13 nitrogen and oxygen atoms in total. The summed E-state index contributed by atoms with van der Waals surface area (Å²) in [6, 6.07) is 6.44. The fraction of sp³-hybridized carbons (Fsp3) is 0.457. The SMILES string of the molecule is COc1cc([C@@H]2c3cc4c(cc3[C@H](OC(=O)[C@@H]3CCCN3C(=O)c3nc(C)c(C)nc3C)[C@H]3COC(=O)[C@H]23)OCO4)cc(OC)c1OC. The highest BCUT2D eigenvalue weighted by Gasteiger charge is 2.55. The standard InChI is InChI=1S/C35H37N3O10/c1-16-17(2)37-30(18(3)36-16)33(39)38-9-7-8-23(38)34(40)48-31-21-13-25-24(46-15-47-25)12-20(21)28(29-22(31)14-45-35(29)41)19-10-26(42-4)32(44-6)27(11-19)43-5/h10-13,22-23,28-29,31H,7-9,14-15H2,1-6H3/t22-,23-,28+,29-,31-/m0/s1. The average molecular weight is 660 g/mol. The maximum atomic E-state index is 14.1. The van der Waals surface area contributed by atoms with Gasteiger partial charge in [0.2, 0.25) is 12.5 Å². The number of carbonyl (C=O) groups excluding carboxylic acids is 3. The molecule has 13 heteroatoms. The van der Waals surface area contributed by atoms with Crippen molar-refractivity contribution in [1.82, 2.24) is 14.9 Å². The highest BCUT2D eigenvalue weighted by molar-refractivity contribution is 5.96. The van der Waals surface area contributed by atoms with Gasteiger partial charge < -0.3 is 38.1 Å². The van der Waals surface area contributed by atoms with Gasteiger partial charge in [0.05, 0.1) is 50.9 Å². The van der Waals surface area contributed by atoms with Crippen LogP contribution >= 0.6 is 0 Å². The van der Waals surface area contributed by atoms with Crippen LogP contribution in [-0.4, -0.2) is 80.0 Å². The van der Waals surface area contributed by atoms with Crippen LogP contribution in [0.5, 0.6) is 28.7 Å². The molecule has 1 aliphatic carbocycles. The Labute approximate surface area is 277 Å². The number of hydrogen-bond donors (Lipinski definition) is 0. The molecule has 252 valence electrons. The van der Waals surface area contributed by atoms with Gasteiger partial charge in [-0.3, -0.25) is 14.6 Å². The first kappa shape index (κ1) is 31.5. The van der Waals surface area contributed by atoms with Crippen LogP contribution in [0.2, 0.25) is 0 Å². The van der Waals surface area contributed by atoms with E-state index in [2.05, 4.69) is 9.97 Å². The van der Waals surface area contributed by atoms with Crippen molar-refractivity contribution in [3.63, 3.8) is 0 Å². The predicted molar refractivity (Wildman–Crippen MR) is 168 cm³/mol. The van der Waals surface area contributed by atoms with Gasteiger partial charge in [-0.2, -0.15) is 0 Å². The van der Waals surface area contributed by atoms with E-state index in [1.165, 1.54) is 26.2 Å². The Morgan fingerprint density at radius 2 is 1.52 bits per heavy atom. The van der Waals surface area contributed by atoms with Crippen molar-refractivity contribution in [2.24, 2.45) is 11.8 Å². The van der Waals surface area contributed by atoms with E-state index in [0.717, 1.165) is 11.3 Å². The van der Waals surface area contributed by atoms with E-state index in [-0.39, 0.29) is 25.0 Å². The van der Waals surface area contributed by atoms with Crippen LogP contribution in [0.15, 0.2) is 24.3 Å². The number of aryl methyl sites for hydroxylation is 3. The third-order valence-corrected chi connectivity index (χ3v) is 9.88. The molecule has 0 saturated carbocycles. The molecular weight excluding hydrogens is 622 g/mol. The summed E-state index contributed by atoms with van der Waals surface area (Å²) in [5, 5.41) is 0. The lowest BCUT2D eigenvalue weighted by Gasteiger charge is -2.39. The van der Waals surface area contributed by atoms with Crippen molar-refractivity contribution < 1.29 is 47.5 Å². The van der Waals surface area contributed by atoms with Crippen LogP contribution in [0.3, 0.4) is 0 Å². The van der Waals surface area contributed by atoms with Gasteiger partial charge in [-0.05, 0) is 69.0 Å². The highest BCUT2D eigenvalue weighted by Crippen LogP contribution is 2.56. The molecule has 0 unspecified atom stereocenters. The fourth-order valence-corrected chi connectivity index (χ4v) is 7.46. The quantitative estimate of drug-likeness (QED) is 0.338. The number of methoxy groups -OCH3 is 3. The first-order valence-electron chi connectivity index (χ1n) is 15.9. The summed E-state index contributed by atoms with van der Waals surface area (Å²) in [5.41, 5.74) is 4.22. The minimum Gasteiger partial charge on any atom is -0.493 e. The summed E-state index contributed by atoms with van der Waals surface area (Å²) in [6.07, 6.45) is 0.192. The molecular formula is C35H37N3O10. The average Bonchev–Trinajstić information content (AvgIpc) is 3.85. The van der Waals surface area contributed by atoms with Crippen LogP contribution in [0.1, 0.15) is 69.1 Å². The van der Waals surface area contributed by atoms with Gasteiger partial charge in [-0.1, -0.05) is 0 Å². The predicted octanol–water partition coefficient (Wildman–Crippen LogP) is 3.98. The van der Waals surface area contributed by atoms with Gasteiger partial charge in [0.15, 0.2) is 23.0 Å². The fourth-order valence-electron chi connectivity index (χ4n) is 7.46. The molecule has 0 radical (unpaired) electrons. The summed E-state index contributed by atoms with van der Waals surface area (Å²) in [7, 11) is 4.58. The van der Waals surface area contributed by atoms with Crippen molar-refractivity contribution in [3.8, 4) is 28.7 Å². The van der Waals surface area contributed by atoms with Crippen LogP contribution in [0.4, 0.5) is 0 Å². The Kier molecular flexibility index (Phi) is 8.00. The number of nitrogens with zero attached hydrogens (tertiary/aromatic N) is 3. The van der Waals surface area contributed by atoms with E-state index in [0.29, 0.717) is 70.6 Å². The zero-order valence-electron chi connectivity index (χ0n) is 27.7. The molecule has 0 bridgehead atoms. The van der Waals surface area contributed by atoms with Gasteiger partial charge in [-0.25, -0.2) is 9.78 Å². The highest BCUT2D eigenvalue weighted by atomic mass is 16.7. The number of esters is 2. The van der Waals surface area contributed by atoms with Crippen molar-refractivity contribution >= 4 is 17.8 Å². The van der Waals surface area contributed by atoms with Gasteiger partial charge in [0.1, 0.15) is 17.8 Å². The molecule has 4 heterocycles. The number of benzene rings is 2. The summed E-state index contributed by atoms with van der Waals surface area (Å²) in [4.78, 5) is 51.9. The number of cyclic esters (lactones) is 1. The van der Waals surface area contributed by atoms with Crippen molar-refractivity contribution in [1.29, 1.82) is 0 Å². The second-order valence-electron chi connectivity index (χ2n) is 12.4. The number of likely N-dealkylation sites (tertiary alicyclic amines) is 1. The zero-order chi connectivity index (χ0) is 33.9. The van der Waals surface area contributed by atoms with Crippen LogP contribution in [-0.2, 0) is 19.1 Å². The van der Waals surface area contributed by atoms with E-state index in [4.69, 9.17) is 33.2 Å². The third-order valence-electron chi connectivity index (χ3n) is 9.88. The first-order chi connectivity index (χ1) is 23.1. The lowest BCUT2D eigenvalue weighted by Crippen LogP contribution is -2.44. The summed E-state index contributed by atoms with van der Waals surface area (Å²) < 4.78 is 40.4. The molecule has 1 amide bonds. The Bertz CT molecular complexity index is 1800.